The lowest BCUT2D eigenvalue weighted by Crippen LogP contribution is -2.62. The lowest BCUT2D eigenvalue weighted by atomic mass is 9.89. The number of carbonyl (C=O) groups excluding carboxylic acids is 4. The topological polar surface area (TPSA) is 155 Å². The molecular weight excluding hydrogens is 544 g/mol. The highest BCUT2D eigenvalue weighted by Crippen LogP contribution is 2.35. The van der Waals surface area contributed by atoms with Crippen LogP contribution in [-0.4, -0.2) is 82.1 Å². The summed E-state index contributed by atoms with van der Waals surface area (Å²) in [5, 5.41) is 2.20. The number of hydrogen-bond donors (Lipinski definition) is 1. The largest absolute Gasteiger partial charge is 0.491 e. The quantitative estimate of drug-likeness (QED) is 0.212. The van der Waals surface area contributed by atoms with E-state index in [1.165, 1.54) is 31.2 Å². The zero-order valence-corrected chi connectivity index (χ0v) is 23.0. The third-order valence-corrected chi connectivity index (χ3v) is 7.85. The van der Waals surface area contributed by atoms with E-state index in [-0.39, 0.29) is 68.5 Å². The minimum absolute atomic E-state index is 0.0265. The van der Waals surface area contributed by atoms with Crippen molar-refractivity contribution in [2.24, 2.45) is 0 Å². The third-order valence-electron chi connectivity index (χ3n) is 6.55. The Kier molecular flexibility index (Phi) is 8.98. The standard InChI is InChI=1S/C27H30N2O10S/c1-18-4-3-5-20(16-18)40(34,35)39-15-13-37-11-10-36-12-14-38-19-6-7-21-22(17-19)25(32)29(24(21)31)27(2)9-8-23(30)28-26(27)33/h3-7,16-17H,8-15H2,1-2H3,(H,28,30,33). The monoisotopic (exact) mass is 574 g/mol. The van der Waals surface area contributed by atoms with Gasteiger partial charge in [-0.15, -0.1) is 0 Å². The molecule has 2 aromatic rings. The number of carbonyl (C=O) groups is 4. The molecule has 0 spiro atoms. The Balaban J connectivity index is 1.15. The van der Waals surface area contributed by atoms with Gasteiger partial charge in [0.05, 0.1) is 49.1 Å². The summed E-state index contributed by atoms with van der Waals surface area (Å²) in [6, 6.07) is 10.9. The number of fused-ring (bicyclic) bond motifs is 1. The molecule has 1 unspecified atom stereocenters. The van der Waals surface area contributed by atoms with Crippen LogP contribution in [0.15, 0.2) is 47.4 Å². The maximum atomic E-state index is 13.1. The molecule has 4 amide bonds. The van der Waals surface area contributed by atoms with E-state index in [2.05, 4.69) is 5.32 Å². The van der Waals surface area contributed by atoms with E-state index in [1.807, 2.05) is 0 Å². The van der Waals surface area contributed by atoms with E-state index in [4.69, 9.17) is 18.4 Å². The Morgan fingerprint density at radius 1 is 0.875 bits per heavy atom. The second-order valence-corrected chi connectivity index (χ2v) is 11.1. The van der Waals surface area contributed by atoms with Crippen molar-refractivity contribution >= 4 is 33.7 Å². The Morgan fingerprint density at radius 2 is 1.55 bits per heavy atom. The van der Waals surface area contributed by atoms with Crippen molar-refractivity contribution in [1.82, 2.24) is 10.2 Å². The molecule has 0 saturated carbocycles. The molecule has 0 aliphatic carbocycles. The van der Waals surface area contributed by atoms with Crippen molar-refractivity contribution in [3.63, 3.8) is 0 Å². The Bertz CT molecular complexity index is 1420. The van der Waals surface area contributed by atoms with Gasteiger partial charge >= 0.3 is 0 Å². The Hall–Kier alpha value is -3.65. The summed E-state index contributed by atoms with van der Waals surface area (Å²) < 4.78 is 45.7. The van der Waals surface area contributed by atoms with Crippen LogP contribution in [0.5, 0.6) is 5.75 Å². The lowest BCUT2D eigenvalue weighted by Gasteiger charge is -2.38. The molecule has 0 aromatic heterocycles. The molecule has 0 bridgehead atoms. The van der Waals surface area contributed by atoms with Gasteiger partial charge in [-0.1, -0.05) is 12.1 Å². The van der Waals surface area contributed by atoms with E-state index < -0.39 is 39.3 Å². The minimum Gasteiger partial charge on any atom is -0.491 e. The second kappa shape index (κ2) is 12.3. The average molecular weight is 575 g/mol. The summed E-state index contributed by atoms with van der Waals surface area (Å²) in [6.45, 7) is 4.03. The summed E-state index contributed by atoms with van der Waals surface area (Å²) in [6.07, 6.45) is 0.0752. The van der Waals surface area contributed by atoms with Crippen molar-refractivity contribution in [3.05, 3.63) is 59.2 Å². The van der Waals surface area contributed by atoms with Crippen LogP contribution in [0, 0.1) is 6.92 Å². The number of hydrogen-bond acceptors (Lipinski definition) is 10. The second-order valence-electron chi connectivity index (χ2n) is 9.47. The zero-order chi connectivity index (χ0) is 28.9. The number of nitrogens with zero attached hydrogens (tertiary/aromatic N) is 1. The van der Waals surface area contributed by atoms with Crippen LogP contribution in [0.4, 0.5) is 0 Å². The van der Waals surface area contributed by atoms with Gasteiger partial charge in [0.2, 0.25) is 5.91 Å². The molecule has 40 heavy (non-hydrogen) atoms. The normalized spacial score (nSPS) is 19.1. The number of amides is 4. The fraction of sp³-hybridized carbons (Fsp3) is 0.407. The molecule has 2 aliphatic rings. The molecule has 1 saturated heterocycles. The molecule has 4 rings (SSSR count). The Morgan fingerprint density at radius 3 is 2.25 bits per heavy atom. The van der Waals surface area contributed by atoms with Crippen LogP contribution in [0.25, 0.3) is 0 Å². The van der Waals surface area contributed by atoms with Gasteiger partial charge in [-0.25, -0.2) is 0 Å². The molecule has 2 heterocycles. The number of rotatable bonds is 13. The van der Waals surface area contributed by atoms with Crippen molar-refractivity contribution in [3.8, 4) is 5.75 Å². The highest BCUT2D eigenvalue weighted by Gasteiger charge is 2.52. The van der Waals surface area contributed by atoms with E-state index in [0.29, 0.717) is 5.75 Å². The molecule has 12 nitrogen and oxygen atoms in total. The SMILES string of the molecule is Cc1cccc(S(=O)(=O)OCCOCCOCCOc2ccc3c(c2)C(=O)N(C2(C)CCC(=O)NC2=O)C3=O)c1. The van der Waals surface area contributed by atoms with Gasteiger partial charge < -0.3 is 14.2 Å². The first-order valence-corrected chi connectivity index (χ1v) is 14.1. The first-order chi connectivity index (χ1) is 19.0. The summed E-state index contributed by atoms with van der Waals surface area (Å²) in [5.74, 6) is -2.00. The maximum absolute atomic E-state index is 13.1. The van der Waals surface area contributed by atoms with E-state index >= 15 is 0 Å². The van der Waals surface area contributed by atoms with Crippen molar-refractivity contribution in [2.75, 3.05) is 39.6 Å². The van der Waals surface area contributed by atoms with Gasteiger partial charge in [0.1, 0.15) is 17.9 Å². The van der Waals surface area contributed by atoms with Crippen LogP contribution in [-0.2, 0) is 33.4 Å². The smallest absolute Gasteiger partial charge is 0.297 e. The van der Waals surface area contributed by atoms with Crippen LogP contribution in [0.1, 0.15) is 46.0 Å². The number of piperidine rings is 1. The predicted molar refractivity (Wildman–Crippen MR) is 139 cm³/mol. The van der Waals surface area contributed by atoms with Gasteiger partial charge in [0.25, 0.3) is 27.8 Å². The lowest BCUT2D eigenvalue weighted by molar-refractivity contribution is -0.140. The molecule has 1 atom stereocenters. The van der Waals surface area contributed by atoms with Gasteiger partial charge in [0, 0.05) is 6.42 Å². The van der Waals surface area contributed by atoms with Gasteiger partial charge in [-0.2, -0.15) is 8.42 Å². The Labute approximate surface area is 231 Å². The summed E-state index contributed by atoms with van der Waals surface area (Å²) in [7, 11) is -3.84. The molecule has 13 heteroatoms. The van der Waals surface area contributed by atoms with Crippen LogP contribution >= 0.6 is 0 Å². The molecule has 1 fully saturated rings. The number of benzene rings is 2. The van der Waals surface area contributed by atoms with Crippen molar-refractivity contribution in [2.45, 2.75) is 37.1 Å². The molecule has 214 valence electrons. The number of imide groups is 2. The predicted octanol–water partition coefficient (Wildman–Crippen LogP) is 1.60. The van der Waals surface area contributed by atoms with Crippen LogP contribution in [0.2, 0.25) is 0 Å². The van der Waals surface area contributed by atoms with Gasteiger partial charge in [0.15, 0.2) is 0 Å². The first-order valence-electron chi connectivity index (χ1n) is 12.6. The average Bonchev–Trinajstić information content (AvgIpc) is 3.17. The molecule has 2 aromatic carbocycles. The first kappa shape index (κ1) is 29.3. The third kappa shape index (κ3) is 6.39. The number of ether oxygens (including phenoxy) is 3. The highest BCUT2D eigenvalue weighted by molar-refractivity contribution is 7.86. The number of aryl methyl sites for hydroxylation is 1. The van der Waals surface area contributed by atoms with Crippen molar-refractivity contribution < 1.29 is 46.0 Å². The van der Waals surface area contributed by atoms with E-state index in [0.717, 1.165) is 10.5 Å². The summed E-state index contributed by atoms with van der Waals surface area (Å²) >= 11 is 0. The van der Waals surface area contributed by atoms with Crippen LogP contribution in [0.3, 0.4) is 0 Å². The summed E-state index contributed by atoms with van der Waals surface area (Å²) in [5.41, 5.74) is -0.367. The molecular formula is C27H30N2O10S. The summed E-state index contributed by atoms with van der Waals surface area (Å²) in [4.78, 5) is 51.0. The highest BCUT2D eigenvalue weighted by atomic mass is 32.2. The molecule has 2 aliphatic heterocycles. The molecule has 0 radical (unpaired) electrons. The zero-order valence-electron chi connectivity index (χ0n) is 22.1. The fourth-order valence-electron chi connectivity index (χ4n) is 4.35. The molecule has 1 N–H and O–H groups in total. The van der Waals surface area contributed by atoms with Crippen molar-refractivity contribution in [1.29, 1.82) is 0 Å². The maximum Gasteiger partial charge on any atom is 0.297 e. The van der Waals surface area contributed by atoms with E-state index in [9.17, 15) is 27.6 Å². The van der Waals surface area contributed by atoms with Crippen LogP contribution < -0.4 is 10.1 Å². The van der Waals surface area contributed by atoms with E-state index in [1.54, 1.807) is 25.1 Å². The van der Waals surface area contributed by atoms with Gasteiger partial charge in [-0.3, -0.25) is 33.6 Å². The fourth-order valence-corrected chi connectivity index (χ4v) is 5.35. The number of nitrogens with one attached hydrogen (secondary N) is 1. The van der Waals surface area contributed by atoms with Gasteiger partial charge in [-0.05, 0) is 56.2 Å². The minimum atomic E-state index is -3.84.